The van der Waals surface area contributed by atoms with Crippen LogP contribution in [0.4, 0.5) is 0 Å². The van der Waals surface area contributed by atoms with Crippen molar-refractivity contribution in [3.8, 4) is 0 Å². The van der Waals surface area contributed by atoms with E-state index in [1.165, 1.54) is 12.8 Å². The van der Waals surface area contributed by atoms with Crippen LogP contribution in [0.15, 0.2) is 0 Å². The molecule has 0 aromatic carbocycles. The first-order valence-corrected chi connectivity index (χ1v) is 6.82. The van der Waals surface area contributed by atoms with Crippen molar-refractivity contribution in [2.45, 2.75) is 64.5 Å². The van der Waals surface area contributed by atoms with Crippen molar-refractivity contribution in [2.75, 3.05) is 20.3 Å². The van der Waals surface area contributed by atoms with Crippen LogP contribution in [0.5, 0.6) is 0 Å². The van der Waals surface area contributed by atoms with Crippen LogP contribution >= 0.6 is 0 Å². The second kappa shape index (κ2) is 6.17. The SMILES string of the molecule is COC(C)(C)C[C@@H](C)NCC1(CO)CCCC1. The Hall–Kier alpha value is -0.120. The topological polar surface area (TPSA) is 41.5 Å². The Morgan fingerprint density at radius 2 is 1.94 bits per heavy atom. The number of ether oxygens (including phenoxy) is 1. The molecule has 1 atom stereocenters. The number of nitrogens with one attached hydrogen (secondary N) is 1. The zero-order valence-electron chi connectivity index (χ0n) is 11.9. The summed E-state index contributed by atoms with van der Waals surface area (Å²) in [6.45, 7) is 7.68. The fourth-order valence-electron chi connectivity index (χ4n) is 2.80. The third-order valence-corrected chi connectivity index (χ3v) is 4.18. The van der Waals surface area contributed by atoms with Gasteiger partial charge in [-0.05, 0) is 40.0 Å². The summed E-state index contributed by atoms with van der Waals surface area (Å²) in [4.78, 5) is 0. The van der Waals surface area contributed by atoms with Gasteiger partial charge in [-0.1, -0.05) is 12.8 Å². The van der Waals surface area contributed by atoms with Crippen LogP contribution in [0.2, 0.25) is 0 Å². The van der Waals surface area contributed by atoms with E-state index in [9.17, 15) is 5.11 Å². The maximum atomic E-state index is 9.54. The van der Waals surface area contributed by atoms with E-state index >= 15 is 0 Å². The Morgan fingerprint density at radius 3 is 2.41 bits per heavy atom. The average molecular weight is 243 g/mol. The second-order valence-corrected chi connectivity index (χ2v) is 6.32. The minimum atomic E-state index is -0.0749. The summed E-state index contributed by atoms with van der Waals surface area (Å²) in [5.74, 6) is 0. The highest BCUT2D eigenvalue weighted by atomic mass is 16.5. The quantitative estimate of drug-likeness (QED) is 0.721. The maximum absolute atomic E-state index is 9.54. The molecule has 17 heavy (non-hydrogen) atoms. The van der Waals surface area contributed by atoms with Gasteiger partial charge in [0.05, 0.1) is 5.60 Å². The van der Waals surface area contributed by atoms with E-state index in [0.717, 1.165) is 25.8 Å². The fraction of sp³-hybridized carbons (Fsp3) is 1.00. The molecule has 0 amide bonds. The summed E-state index contributed by atoms with van der Waals surface area (Å²) >= 11 is 0. The molecule has 102 valence electrons. The van der Waals surface area contributed by atoms with Crippen molar-refractivity contribution in [1.29, 1.82) is 0 Å². The zero-order valence-corrected chi connectivity index (χ0v) is 11.9. The summed E-state index contributed by atoms with van der Waals surface area (Å²) < 4.78 is 5.44. The minimum absolute atomic E-state index is 0.0749. The first kappa shape index (κ1) is 14.9. The van der Waals surface area contributed by atoms with E-state index in [1.54, 1.807) is 7.11 Å². The molecule has 1 rings (SSSR count). The Labute approximate surface area is 106 Å². The van der Waals surface area contributed by atoms with Gasteiger partial charge in [0.2, 0.25) is 0 Å². The normalized spacial score (nSPS) is 21.7. The summed E-state index contributed by atoms with van der Waals surface area (Å²) in [6, 6.07) is 0.425. The zero-order chi connectivity index (χ0) is 12.9. The molecule has 1 fully saturated rings. The van der Waals surface area contributed by atoms with Gasteiger partial charge in [-0.2, -0.15) is 0 Å². The third-order valence-electron chi connectivity index (χ3n) is 4.18. The lowest BCUT2D eigenvalue weighted by Crippen LogP contribution is -2.42. The third kappa shape index (κ3) is 4.57. The van der Waals surface area contributed by atoms with Gasteiger partial charge in [0.25, 0.3) is 0 Å². The number of hydrogen-bond donors (Lipinski definition) is 2. The standard InChI is InChI=1S/C14H29NO2/c1-12(9-13(2,3)17-4)15-10-14(11-16)7-5-6-8-14/h12,15-16H,5-11H2,1-4H3/t12-/m1/s1. The van der Waals surface area contributed by atoms with Crippen LogP contribution in [0, 0.1) is 5.41 Å². The molecule has 0 heterocycles. The van der Waals surface area contributed by atoms with Gasteiger partial charge < -0.3 is 15.2 Å². The molecule has 0 spiro atoms. The van der Waals surface area contributed by atoms with E-state index in [1.807, 2.05) is 0 Å². The maximum Gasteiger partial charge on any atom is 0.0637 e. The van der Waals surface area contributed by atoms with E-state index < -0.39 is 0 Å². The molecule has 0 aromatic heterocycles. The first-order chi connectivity index (χ1) is 7.93. The number of methoxy groups -OCH3 is 1. The van der Waals surface area contributed by atoms with Gasteiger partial charge in [0, 0.05) is 31.7 Å². The molecule has 0 bridgehead atoms. The summed E-state index contributed by atoms with van der Waals surface area (Å²) in [7, 11) is 1.76. The second-order valence-electron chi connectivity index (χ2n) is 6.32. The fourth-order valence-corrected chi connectivity index (χ4v) is 2.80. The van der Waals surface area contributed by atoms with E-state index in [0.29, 0.717) is 12.6 Å². The molecule has 0 aliphatic heterocycles. The van der Waals surface area contributed by atoms with Gasteiger partial charge in [-0.3, -0.25) is 0 Å². The van der Waals surface area contributed by atoms with Gasteiger partial charge in [0.15, 0.2) is 0 Å². The molecule has 0 aromatic rings. The highest BCUT2D eigenvalue weighted by molar-refractivity contribution is 4.87. The lowest BCUT2D eigenvalue weighted by Gasteiger charge is -2.32. The molecular weight excluding hydrogens is 214 g/mol. The Balaban J connectivity index is 2.34. The van der Waals surface area contributed by atoms with Gasteiger partial charge in [-0.25, -0.2) is 0 Å². The van der Waals surface area contributed by atoms with E-state index in [-0.39, 0.29) is 11.0 Å². The van der Waals surface area contributed by atoms with Crippen LogP contribution in [0.1, 0.15) is 52.9 Å². The van der Waals surface area contributed by atoms with Crippen LogP contribution in [0.25, 0.3) is 0 Å². The van der Waals surface area contributed by atoms with Crippen molar-refractivity contribution >= 4 is 0 Å². The van der Waals surface area contributed by atoms with Crippen LogP contribution in [0.3, 0.4) is 0 Å². The summed E-state index contributed by atoms with van der Waals surface area (Å²) in [6.07, 6.45) is 5.85. The molecule has 0 radical (unpaired) electrons. The smallest absolute Gasteiger partial charge is 0.0637 e. The average Bonchev–Trinajstić information content (AvgIpc) is 2.75. The molecular formula is C14H29NO2. The van der Waals surface area contributed by atoms with Gasteiger partial charge >= 0.3 is 0 Å². The predicted molar refractivity (Wildman–Crippen MR) is 71.2 cm³/mol. The van der Waals surface area contributed by atoms with E-state index in [2.05, 4.69) is 26.1 Å². The van der Waals surface area contributed by atoms with Crippen LogP contribution < -0.4 is 5.32 Å². The van der Waals surface area contributed by atoms with Crippen molar-refractivity contribution < 1.29 is 9.84 Å². The molecule has 0 saturated heterocycles. The summed E-state index contributed by atoms with van der Waals surface area (Å²) in [5.41, 5.74) is 0.0694. The molecule has 1 aliphatic rings. The van der Waals surface area contributed by atoms with Crippen molar-refractivity contribution in [3.05, 3.63) is 0 Å². The van der Waals surface area contributed by atoms with Gasteiger partial charge in [-0.15, -0.1) is 0 Å². The predicted octanol–water partition coefficient (Wildman–Crippen LogP) is 2.33. The number of aliphatic hydroxyl groups is 1. The van der Waals surface area contributed by atoms with E-state index in [4.69, 9.17) is 4.74 Å². The van der Waals surface area contributed by atoms with Crippen molar-refractivity contribution in [1.82, 2.24) is 5.32 Å². The van der Waals surface area contributed by atoms with Crippen LogP contribution in [-0.4, -0.2) is 37.0 Å². The Bertz CT molecular complexity index is 222. The van der Waals surface area contributed by atoms with Crippen molar-refractivity contribution in [2.24, 2.45) is 5.41 Å². The molecule has 1 saturated carbocycles. The molecule has 1 aliphatic carbocycles. The molecule has 2 N–H and O–H groups in total. The van der Waals surface area contributed by atoms with Crippen LogP contribution in [-0.2, 0) is 4.74 Å². The Kier molecular flexibility index (Phi) is 5.42. The molecule has 3 nitrogen and oxygen atoms in total. The highest BCUT2D eigenvalue weighted by Gasteiger charge is 2.33. The number of hydrogen-bond acceptors (Lipinski definition) is 3. The highest BCUT2D eigenvalue weighted by Crippen LogP contribution is 2.37. The lowest BCUT2D eigenvalue weighted by atomic mass is 9.86. The lowest BCUT2D eigenvalue weighted by molar-refractivity contribution is 0.00698. The number of aliphatic hydroxyl groups excluding tert-OH is 1. The minimum Gasteiger partial charge on any atom is -0.396 e. The molecule has 3 heteroatoms. The number of rotatable bonds is 7. The Morgan fingerprint density at radius 1 is 1.35 bits per heavy atom. The molecule has 0 unspecified atom stereocenters. The largest absolute Gasteiger partial charge is 0.396 e. The first-order valence-electron chi connectivity index (χ1n) is 6.82. The van der Waals surface area contributed by atoms with Crippen molar-refractivity contribution in [3.63, 3.8) is 0 Å². The van der Waals surface area contributed by atoms with Gasteiger partial charge in [0.1, 0.15) is 0 Å². The summed E-state index contributed by atoms with van der Waals surface area (Å²) in [5, 5.41) is 13.1. The monoisotopic (exact) mass is 243 g/mol.